The summed E-state index contributed by atoms with van der Waals surface area (Å²) >= 11 is 7.09. The molecule has 4 heteroatoms. The Morgan fingerprint density at radius 3 is 2.10 bits per heavy atom. The van der Waals surface area contributed by atoms with Crippen molar-refractivity contribution in [2.45, 2.75) is 26.8 Å². The number of nitrogens with two attached hydrogens (primary N) is 1. The van der Waals surface area contributed by atoms with Crippen LogP contribution in [0.3, 0.4) is 0 Å². The predicted octanol–water partition coefficient (Wildman–Crippen LogP) is 5.64. The lowest BCUT2D eigenvalue weighted by atomic mass is 10.1. The van der Waals surface area contributed by atoms with Gasteiger partial charge in [0.2, 0.25) is 0 Å². The zero-order valence-electron chi connectivity index (χ0n) is 11.7. The van der Waals surface area contributed by atoms with Crippen LogP contribution in [0.4, 0.5) is 0 Å². The van der Waals surface area contributed by atoms with Crippen LogP contribution in [0, 0.1) is 13.8 Å². The maximum Gasteiger partial charge on any atom is 0.128 e. The fraction of sp³-hybridized carbons (Fsp3) is 0.250. The zero-order chi connectivity index (χ0) is 14.9. The minimum atomic E-state index is -0.00408. The third-order valence-corrected chi connectivity index (χ3v) is 5.05. The van der Waals surface area contributed by atoms with Crippen LogP contribution >= 0.6 is 31.9 Å². The summed E-state index contributed by atoms with van der Waals surface area (Å²) in [5, 5.41) is 0. The SMILES string of the molecule is Cc1cc(Oc2ccc([C@H](C)N)c(Br)c2)cc(C)c1Br. The Kier molecular flexibility index (Phi) is 4.89. The highest BCUT2D eigenvalue weighted by Crippen LogP contribution is 2.32. The number of rotatable bonds is 3. The molecule has 0 fully saturated rings. The Balaban J connectivity index is 2.29. The van der Waals surface area contributed by atoms with E-state index in [4.69, 9.17) is 10.5 Å². The first-order valence-electron chi connectivity index (χ1n) is 6.38. The third kappa shape index (κ3) is 3.43. The molecule has 2 nitrogen and oxygen atoms in total. The first-order chi connectivity index (χ1) is 9.38. The van der Waals surface area contributed by atoms with Gasteiger partial charge >= 0.3 is 0 Å². The molecule has 0 aromatic heterocycles. The lowest BCUT2D eigenvalue weighted by Gasteiger charge is -2.13. The molecule has 0 saturated heterocycles. The molecular weight excluding hydrogens is 382 g/mol. The molecule has 1 atom stereocenters. The minimum Gasteiger partial charge on any atom is -0.457 e. The van der Waals surface area contributed by atoms with Crippen molar-refractivity contribution in [3.8, 4) is 11.5 Å². The second kappa shape index (κ2) is 6.29. The van der Waals surface area contributed by atoms with E-state index >= 15 is 0 Å². The van der Waals surface area contributed by atoms with Gasteiger partial charge in [0.15, 0.2) is 0 Å². The first-order valence-corrected chi connectivity index (χ1v) is 7.96. The van der Waals surface area contributed by atoms with E-state index < -0.39 is 0 Å². The molecular formula is C16H17Br2NO. The highest BCUT2D eigenvalue weighted by atomic mass is 79.9. The van der Waals surface area contributed by atoms with Crippen molar-refractivity contribution in [2.75, 3.05) is 0 Å². The average molecular weight is 399 g/mol. The van der Waals surface area contributed by atoms with E-state index in [0.717, 1.165) is 37.1 Å². The smallest absolute Gasteiger partial charge is 0.128 e. The van der Waals surface area contributed by atoms with E-state index in [-0.39, 0.29) is 6.04 Å². The van der Waals surface area contributed by atoms with Gasteiger partial charge < -0.3 is 10.5 Å². The van der Waals surface area contributed by atoms with E-state index in [2.05, 4.69) is 45.7 Å². The third-order valence-electron chi connectivity index (χ3n) is 3.11. The van der Waals surface area contributed by atoms with Gasteiger partial charge in [-0.25, -0.2) is 0 Å². The van der Waals surface area contributed by atoms with Gasteiger partial charge in [-0.2, -0.15) is 0 Å². The molecule has 0 saturated carbocycles. The van der Waals surface area contributed by atoms with Crippen LogP contribution in [0.5, 0.6) is 11.5 Å². The van der Waals surface area contributed by atoms with E-state index in [1.165, 1.54) is 0 Å². The second-order valence-electron chi connectivity index (χ2n) is 4.95. The van der Waals surface area contributed by atoms with Gasteiger partial charge in [0.1, 0.15) is 11.5 Å². The molecule has 0 aliphatic carbocycles. The second-order valence-corrected chi connectivity index (χ2v) is 6.59. The molecule has 0 heterocycles. The number of hydrogen-bond acceptors (Lipinski definition) is 2. The average Bonchev–Trinajstić information content (AvgIpc) is 2.35. The molecule has 0 amide bonds. The minimum absolute atomic E-state index is 0.00408. The van der Waals surface area contributed by atoms with Crippen molar-refractivity contribution in [3.05, 3.63) is 56.0 Å². The maximum absolute atomic E-state index is 5.92. The molecule has 0 spiro atoms. The molecule has 0 radical (unpaired) electrons. The summed E-state index contributed by atoms with van der Waals surface area (Å²) in [5.74, 6) is 1.63. The summed E-state index contributed by atoms with van der Waals surface area (Å²) in [5.41, 5.74) is 9.28. The van der Waals surface area contributed by atoms with Gasteiger partial charge in [-0.15, -0.1) is 0 Å². The Labute approximate surface area is 136 Å². The van der Waals surface area contributed by atoms with Crippen molar-refractivity contribution >= 4 is 31.9 Å². The van der Waals surface area contributed by atoms with Crippen LogP contribution in [0.1, 0.15) is 29.7 Å². The topological polar surface area (TPSA) is 35.2 Å². The number of aryl methyl sites for hydroxylation is 2. The summed E-state index contributed by atoms with van der Waals surface area (Å²) in [4.78, 5) is 0. The van der Waals surface area contributed by atoms with Crippen molar-refractivity contribution in [3.63, 3.8) is 0 Å². The number of hydrogen-bond donors (Lipinski definition) is 1. The molecule has 0 unspecified atom stereocenters. The molecule has 0 aliphatic rings. The summed E-state index contributed by atoms with van der Waals surface area (Å²) < 4.78 is 8.01. The molecule has 2 aromatic carbocycles. The normalized spacial score (nSPS) is 12.3. The zero-order valence-corrected chi connectivity index (χ0v) is 14.9. The molecule has 2 aromatic rings. The molecule has 2 N–H and O–H groups in total. The quantitative estimate of drug-likeness (QED) is 0.725. The van der Waals surface area contributed by atoms with Gasteiger partial charge in [0.05, 0.1) is 0 Å². The van der Waals surface area contributed by atoms with Gasteiger partial charge in [-0.05, 0) is 61.7 Å². The van der Waals surface area contributed by atoms with Crippen LogP contribution in [0.2, 0.25) is 0 Å². The van der Waals surface area contributed by atoms with Gasteiger partial charge in [0.25, 0.3) is 0 Å². The van der Waals surface area contributed by atoms with Crippen molar-refractivity contribution in [1.29, 1.82) is 0 Å². The molecule has 0 aliphatic heterocycles. The summed E-state index contributed by atoms with van der Waals surface area (Å²) in [6, 6.07) is 9.91. The van der Waals surface area contributed by atoms with Crippen LogP contribution in [-0.4, -0.2) is 0 Å². The van der Waals surface area contributed by atoms with E-state index in [1.54, 1.807) is 0 Å². The molecule has 2 rings (SSSR count). The molecule has 20 heavy (non-hydrogen) atoms. The van der Waals surface area contributed by atoms with Crippen molar-refractivity contribution in [2.24, 2.45) is 5.73 Å². The lowest BCUT2D eigenvalue weighted by Crippen LogP contribution is -2.05. The summed E-state index contributed by atoms with van der Waals surface area (Å²) in [7, 11) is 0. The van der Waals surface area contributed by atoms with Gasteiger partial charge in [0, 0.05) is 15.0 Å². The number of halogens is 2. The van der Waals surface area contributed by atoms with Crippen molar-refractivity contribution in [1.82, 2.24) is 0 Å². The molecule has 0 bridgehead atoms. The lowest BCUT2D eigenvalue weighted by molar-refractivity contribution is 0.481. The fourth-order valence-corrected chi connectivity index (χ4v) is 2.99. The highest BCUT2D eigenvalue weighted by molar-refractivity contribution is 9.10. The predicted molar refractivity (Wildman–Crippen MR) is 90.4 cm³/mol. The van der Waals surface area contributed by atoms with Gasteiger partial charge in [-0.3, -0.25) is 0 Å². The Morgan fingerprint density at radius 1 is 1.00 bits per heavy atom. The van der Waals surface area contributed by atoms with E-state index in [0.29, 0.717) is 0 Å². The van der Waals surface area contributed by atoms with E-state index in [1.807, 2.05) is 37.3 Å². The first kappa shape index (κ1) is 15.5. The summed E-state index contributed by atoms with van der Waals surface area (Å²) in [6.45, 7) is 6.07. The van der Waals surface area contributed by atoms with Crippen LogP contribution in [0.25, 0.3) is 0 Å². The molecule has 106 valence electrons. The maximum atomic E-state index is 5.92. The Bertz CT molecular complexity index is 615. The highest BCUT2D eigenvalue weighted by Gasteiger charge is 2.08. The Morgan fingerprint density at radius 2 is 1.60 bits per heavy atom. The van der Waals surface area contributed by atoms with Crippen LogP contribution in [-0.2, 0) is 0 Å². The number of ether oxygens (including phenoxy) is 1. The fourth-order valence-electron chi connectivity index (χ4n) is 2.04. The van der Waals surface area contributed by atoms with Gasteiger partial charge in [-0.1, -0.05) is 37.9 Å². The Hall–Kier alpha value is -0.840. The summed E-state index contributed by atoms with van der Waals surface area (Å²) in [6.07, 6.45) is 0. The van der Waals surface area contributed by atoms with Crippen LogP contribution in [0.15, 0.2) is 39.3 Å². The van der Waals surface area contributed by atoms with E-state index in [9.17, 15) is 0 Å². The van der Waals surface area contributed by atoms with Crippen LogP contribution < -0.4 is 10.5 Å². The monoisotopic (exact) mass is 397 g/mol. The number of benzene rings is 2. The van der Waals surface area contributed by atoms with Crippen molar-refractivity contribution < 1.29 is 4.74 Å². The standard InChI is InChI=1S/C16H17Br2NO/c1-9-6-13(7-10(2)16(9)18)20-12-4-5-14(11(3)19)15(17)8-12/h4-8,11H,19H2,1-3H3/t11-/m0/s1. The largest absolute Gasteiger partial charge is 0.457 e.